The van der Waals surface area contributed by atoms with Crippen molar-refractivity contribution in [3.63, 3.8) is 0 Å². The van der Waals surface area contributed by atoms with Crippen LogP contribution in [-0.4, -0.2) is 43.0 Å². The summed E-state index contributed by atoms with van der Waals surface area (Å²) >= 11 is 1.74. The summed E-state index contributed by atoms with van der Waals surface area (Å²) < 4.78 is 5.24. The van der Waals surface area contributed by atoms with E-state index in [1.54, 1.807) is 42.0 Å². The second-order valence-electron chi connectivity index (χ2n) is 4.39. The Morgan fingerprint density at radius 1 is 1.53 bits per heavy atom. The molecule has 0 aliphatic rings. The van der Waals surface area contributed by atoms with Crippen LogP contribution in [0.2, 0.25) is 0 Å². The molecule has 5 heteroatoms. The molecule has 0 bridgehead atoms. The molecule has 1 amide bonds. The lowest BCUT2D eigenvalue weighted by atomic mass is 10.1. The van der Waals surface area contributed by atoms with Crippen LogP contribution < -0.4 is 10.5 Å². The van der Waals surface area contributed by atoms with Gasteiger partial charge >= 0.3 is 0 Å². The second-order valence-corrected chi connectivity index (χ2v) is 5.30. The molecule has 106 valence electrons. The van der Waals surface area contributed by atoms with Crippen LogP contribution in [0.1, 0.15) is 23.7 Å². The number of nitrogen functional groups attached to an aromatic ring is 1. The van der Waals surface area contributed by atoms with Crippen molar-refractivity contribution in [3.05, 3.63) is 23.8 Å². The van der Waals surface area contributed by atoms with Crippen molar-refractivity contribution in [2.75, 3.05) is 31.9 Å². The molecule has 0 aromatic heterocycles. The van der Waals surface area contributed by atoms with E-state index >= 15 is 0 Å². The van der Waals surface area contributed by atoms with Crippen LogP contribution in [0.4, 0.5) is 5.69 Å². The number of hydrogen-bond donors (Lipinski definition) is 1. The first-order valence-corrected chi connectivity index (χ1v) is 7.64. The molecule has 1 atom stereocenters. The Kier molecular flexibility index (Phi) is 6.02. The van der Waals surface area contributed by atoms with Crippen LogP contribution in [0.15, 0.2) is 18.2 Å². The van der Waals surface area contributed by atoms with Gasteiger partial charge in [0, 0.05) is 30.6 Å². The van der Waals surface area contributed by atoms with Crippen LogP contribution in [0.25, 0.3) is 0 Å². The van der Waals surface area contributed by atoms with E-state index in [9.17, 15) is 4.79 Å². The molecule has 0 aliphatic heterocycles. The van der Waals surface area contributed by atoms with Crippen LogP contribution in [0, 0.1) is 0 Å². The summed E-state index contributed by atoms with van der Waals surface area (Å²) in [5.74, 6) is 1.42. The lowest BCUT2D eigenvalue weighted by Crippen LogP contribution is -2.38. The van der Waals surface area contributed by atoms with E-state index in [2.05, 4.69) is 6.92 Å². The number of amides is 1. The fourth-order valence-corrected chi connectivity index (χ4v) is 2.78. The molecule has 0 saturated carbocycles. The molecule has 19 heavy (non-hydrogen) atoms. The molecule has 0 radical (unpaired) electrons. The number of nitrogens with zero attached hydrogens (tertiary/aromatic N) is 1. The lowest BCUT2D eigenvalue weighted by molar-refractivity contribution is 0.0740. The maximum Gasteiger partial charge on any atom is 0.257 e. The Balaban J connectivity index is 2.99. The van der Waals surface area contributed by atoms with Gasteiger partial charge in [0.05, 0.1) is 12.7 Å². The van der Waals surface area contributed by atoms with Crippen molar-refractivity contribution in [1.29, 1.82) is 0 Å². The number of ether oxygens (including phenoxy) is 1. The first-order chi connectivity index (χ1) is 9.04. The highest BCUT2D eigenvalue weighted by Crippen LogP contribution is 2.24. The highest BCUT2D eigenvalue weighted by atomic mass is 32.2. The Labute approximate surface area is 119 Å². The van der Waals surface area contributed by atoms with Gasteiger partial charge in [-0.05, 0) is 24.8 Å². The minimum atomic E-state index is -0.0299. The first kappa shape index (κ1) is 15.7. The third kappa shape index (κ3) is 3.80. The lowest BCUT2D eigenvalue weighted by Gasteiger charge is -2.27. The van der Waals surface area contributed by atoms with Gasteiger partial charge in [-0.15, -0.1) is 0 Å². The number of benzene rings is 1. The number of methoxy groups -OCH3 is 1. The predicted octanol–water partition coefficient (Wildman–Crippen LogP) is 2.49. The number of rotatable bonds is 6. The second kappa shape index (κ2) is 7.28. The van der Waals surface area contributed by atoms with Crippen LogP contribution in [0.3, 0.4) is 0 Å². The van der Waals surface area contributed by atoms with E-state index in [-0.39, 0.29) is 11.9 Å². The van der Waals surface area contributed by atoms with E-state index < -0.39 is 0 Å². The van der Waals surface area contributed by atoms with Crippen molar-refractivity contribution in [2.45, 2.75) is 19.4 Å². The maximum absolute atomic E-state index is 12.5. The van der Waals surface area contributed by atoms with Crippen molar-refractivity contribution in [1.82, 2.24) is 4.90 Å². The summed E-state index contributed by atoms with van der Waals surface area (Å²) in [5, 5.41) is 0. The monoisotopic (exact) mass is 282 g/mol. The largest absolute Gasteiger partial charge is 0.496 e. The molecule has 1 rings (SSSR count). The molecule has 0 heterocycles. The molecule has 0 fully saturated rings. The zero-order valence-electron chi connectivity index (χ0n) is 12.0. The number of hydrogen-bond acceptors (Lipinski definition) is 4. The van der Waals surface area contributed by atoms with Gasteiger partial charge in [0.2, 0.25) is 0 Å². The third-order valence-corrected chi connectivity index (χ3v) is 3.87. The Hall–Kier alpha value is -1.36. The molecule has 1 aromatic carbocycles. The highest BCUT2D eigenvalue weighted by molar-refractivity contribution is 7.98. The highest BCUT2D eigenvalue weighted by Gasteiger charge is 2.22. The van der Waals surface area contributed by atoms with E-state index in [0.29, 0.717) is 17.0 Å². The van der Waals surface area contributed by atoms with Crippen LogP contribution in [0.5, 0.6) is 5.75 Å². The van der Waals surface area contributed by atoms with Gasteiger partial charge in [0.1, 0.15) is 5.75 Å². The molecule has 0 saturated heterocycles. The Bertz CT molecular complexity index is 437. The zero-order chi connectivity index (χ0) is 14.4. The fourth-order valence-electron chi connectivity index (χ4n) is 1.94. The number of carbonyl (C=O) groups excluding carboxylic acids is 1. The zero-order valence-corrected chi connectivity index (χ0v) is 12.8. The summed E-state index contributed by atoms with van der Waals surface area (Å²) in [6, 6.07) is 5.35. The average Bonchev–Trinajstić information content (AvgIpc) is 2.43. The van der Waals surface area contributed by atoms with Crippen LogP contribution in [-0.2, 0) is 0 Å². The van der Waals surface area contributed by atoms with E-state index in [0.717, 1.165) is 12.2 Å². The molecule has 4 nitrogen and oxygen atoms in total. The Morgan fingerprint density at radius 2 is 2.21 bits per heavy atom. The van der Waals surface area contributed by atoms with Gasteiger partial charge in [0.25, 0.3) is 5.91 Å². The van der Waals surface area contributed by atoms with Crippen molar-refractivity contribution < 1.29 is 9.53 Å². The van der Waals surface area contributed by atoms with E-state index in [4.69, 9.17) is 10.5 Å². The van der Waals surface area contributed by atoms with Gasteiger partial charge in [-0.2, -0.15) is 11.8 Å². The Morgan fingerprint density at radius 3 is 2.74 bits per heavy atom. The number of carbonyl (C=O) groups is 1. The van der Waals surface area contributed by atoms with Gasteiger partial charge in [-0.25, -0.2) is 0 Å². The summed E-state index contributed by atoms with van der Waals surface area (Å²) in [6.45, 7) is 2.09. The molecule has 0 spiro atoms. The van der Waals surface area contributed by atoms with Crippen LogP contribution >= 0.6 is 11.8 Å². The number of anilines is 1. The normalized spacial score (nSPS) is 12.0. The molecule has 1 aromatic rings. The van der Waals surface area contributed by atoms with Gasteiger partial charge in [0.15, 0.2) is 0 Å². The quantitative estimate of drug-likeness (QED) is 0.814. The fraction of sp³-hybridized carbons (Fsp3) is 0.500. The molecular weight excluding hydrogens is 260 g/mol. The smallest absolute Gasteiger partial charge is 0.257 e. The molecule has 0 aliphatic carbocycles. The summed E-state index contributed by atoms with van der Waals surface area (Å²) in [6.07, 6.45) is 2.98. The summed E-state index contributed by atoms with van der Waals surface area (Å²) in [4.78, 5) is 14.3. The maximum atomic E-state index is 12.5. The minimum absolute atomic E-state index is 0.0299. The van der Waals surface area contributed by atoms with E-state index in [1.807, 2.05) is 13.3 Å². The predicted molar refractivity (Wildman–Crippen MR) is 82.0 cm³/mol. The van der Waals surface area contributed by atoms with Gasteiger partial charge in [-0.3, -0.25) is 4.79 Å². The SMILES string of the molecule is CCC(CSC)N(C)C(=O)c1ccc(N)cc1OC. The van der Waals surface area contributed by atoms with Gasteiger partial charge in [-0.1, -0.05) is 6.92 Å². The third-order valence-electron chi connectivity index (χ3n) is 3.15. The molecule has 1 unspecified atom stereocenters. The summed E-state index contributed by atoms with van der Waals surface area (Å²) in [7, 11) is 3.38. The van der Waals surface area contributed by atoms with Crippen molar-refractivity contribution in [3.8, 4) is 5.75 Å². The van der Waals surface area contributed by atoms with Crippen molar-refractivity contribution >= 4 is 23.4 Å². The average molecular weight is 282 g/mol. The standard InChI is InChI=1S/C14H22N2O2S/c1-5-11(9-19-4)16(2)14(17)12-7-6-10(15)8-13(12)18-3/h6-8,11H,5,9,15H2,1-4H3. The van der Waals surface area contributed by atoms with E-state index in [1.165, 1.54) is 0 Å². The summed E-state index contributed by atoms with van der Waals surface area (Å²) in [5.41, 5.74) is 6.85. The molecule has 2 N–H and O–H groups in total. The number of thioether (sulfide) groups is 1. The number of nitrogens with two attached hydrogens (primary N) is 1. The van der Waals surface area contributed by atoms with Gasteiger partial charge < -0.3 is 15.4 Å². The first-order valence-electron chi connectivity index (χ1n) is 6.24. The molecular formula is C14H22N2O2S. The topological polar surface area (TPSA) is 55.6 Å². The minimum Gasteiger partial charge on any atom is -0.496 e. The van der Waals surface area contributed by atoms with Crippen molar-refractivity contribution in [2.24, 2.45) is 0 Å².